The van der Waals surface area contributed by atoms with Crippen LogP contribution in [0.3, 0.4) is 0 Å². The summed E-state index contributed by atoms with van der Waals surface area (Å²) in [5.41, 5.74) is 4.07. The fourth-order valence-corrected chi connectivity index (χ4v) is 9.19. The van der Waals surface area contributed by atoms with Gasteiger partial charge in [0, 0.05) is 29.6 Å². The standard InChI is InChI=1S/C33H46O4/c1-29(2)19-36-33(37-20-29)16-13-27-28-24(11-15-32(27,35)18-33)26-12-14-31(4,34)30(26,3)17-25(28)23-9-7-22(8-10-23)21-5-6-21/h7-10,21,24-26,34-35H,5-6,11-20H2,1-4H3/t24?,25-,26?,30?,31?,32?/m1/s1. The first-order valence-corrected chi connectivity index (χ1v) is 15.0. The molecule has 6 aliphatic rings. The van der Waals surface area contributed by atoms with Crippen LogP contribution in [0.2, 0.25) is 0 Å². The fraction of sp³-hybridized carbons (Fsp3) is 0.758. The molecule has 1 spiro atoms. The van der Waals surface area contributed by atoms with Gasteiger partial charge in [0.25, 0.3) is 0 Å². The van der Waals surface area contributed by atoms with Gasteiger partial charge < -0.3 is 19.7 Å². The van der Waals surface area contributed by atoms with E-state index >= 15 is 0 Å². The normalized spacial score (nSPS) is 44.3. The highest BCUT2D eigenvalue weighted by atomic mass is 16.7. The molecule has 0 radical (unpaired) electrons. The third-order valence-electron chi connectivity index (χ3n) is 11.8. The zero-order valence-electron chi connectivity index (χ0n) is 23.3. The van der Waals surface area contributed by atoms with Crippen LogP contribution in [0.15, 0.2) is 35.4 Å². The van der Waals surface area contributed by atoms with Gasteiger partial charge in [-0.2, -0.15) is 0 Å². The lowest BCUT2D eigenvalue weighted by Gasteiger charge is -2.58. The second-order valence-electron chi connectivity index (χ2n) is 15.0. The topological polar surface area (TPSA) is 58.9 Å². The molecule has 202 valence electrons. The van der Waals surface area contributed by atoms with Gasteiger partial charge in [-0.25, -0.2) is 0 Å². The molecule has 2 N–H and O–H groups in total. The molecule has 4 nitrogen and oxygen atoms in total. The molecule has 5 aliphatic carbocycles. The van der Waals surface area contributed by atoms with Crippen LogP contribution in [0.1, 0.15) is 115 Å². The zero-order valence-corrected chi connectivity index (χ0v) is 23.3. The van der Waals surface area contributed by atoms with Crippen LogP contribution in [-0.2, 0) is 9.47 Å². The van der Waals surface area contributed by atoms with Crippen molar-refractivity contribution >= 4 is 0 Å². The molecular formula is C33H46O4. The lowest BCUT2D eigenvalue weighted by Crippen LogP contribution is -2.58. The monoisotopic (exact) mass is 506 g/mol. The minimum absolute atomic E-state index is 0.0231. The first-order valence-electron chi connectivity index (χ1n) is 15.0. The largest absolute Gasteiger partial charge is 0.390 e. The summed E-state index contributed by atoms with van der Waals surface area (Å²) in [7, 11) is 0. The van der Waals surface area contributed by atoms with Gasteiger partial charge in [0.2, 0.25) is 0 Å². The van der Waals surface area contributed by atoms with Gasteiger partial charge in [0.05, 0.1) is 24.4 Å². The van der Waals surface area contributed by atoms with Crippen molar-refractivity contribution in [1.82, 2.24) is 0 Å². The van der Waals surface area contributed by atoms with E-state index in [9.17, 15) is 10.2 Å². The number of fused-ring (bicyclic) bond motifs is 4. The summed E-state index contributed by atoms with van der Waals surface area (Å²) in [6, 6.07) is 9.43. The Kier molecular flexibility index (Phi) is 5.32. The molecule has 5 fully saturated rings. The summed E-state index contributed by atoms with van der Waals surface area (Å²) < 4.78 is 12.8. The van der Waals surface area contributed by atoms with E-state index in [1.165, 1.54) is 35.1 Å². The van der Waals surface area contributed by atoms with Crippen LogP contribution in [0.5, 0.6) is 0 Å². The number of benzene rings is 1. The van der Waals surface area contributed by atoms with Crippen molar-refractivity contribution in [1.29, 1.82) is 0 Å². The molecule has 1 heterocycles. The Labute approximate surface area is 222 Å². The Bertz CT molecular complexity index is 1100. The number of allylic oxidation sites excluding steroid dienone is 1. The van der Waals surface area contributed by atoms with Crippen LogP contribution < -0.4 is 0 Å². The highest BCUT2D eigenvalue weighted by molar-refractivity contribution is 5.44. The number of aliphatic hydroxyl groups is 2. The van der Waals surface area contributed by atoms with E-state index in [1.807, 2.05) is 0 Å². The molecule has 37 heavy (non-hydrogen) atoms. The number of hydrogen-bond acceptors (Lipinski definition) is 4. The fourth-order valence-electron chi connectivity index (χ4n) is 9.19. The van der Waals surface area contributed by atoms with Crippen LogP contribution in [0.25, 0.3) is 0 Å². The first kappa shape index (κ1) is 24.8. The average Bonchev–Trinajstić information content (AvgIpc) is 3.67. The average molecular weight is 507 g/mol. The van der Waals surface area contributed by atoms with Crippen molar-refractivity contribution in [3.63, 3.8) is 0 Å². The highest BCUT2D eigenvalue weighted by Crippen LogP contribution is 2.68. The van der Waals surface area contributed by atoms with E-state index in [1.54, 1.807) is 0 Å². The van der Waals surface area contributed by atoms with Crippen molar-refractivity contribution in [2.75, 3.05) is 13.2 Å². The van der Waals surface area contributed by atoms with Gasteiger partial charge in [0.1, 0.15) is 0 Å². The van der Waals surface area contributed by atoms with Gasteiger partial charge in [0.15, 0.2) is 5.79 Å². The predicted octanol–water partition coefficient (Wildman–Crippen LogP) is 6.61. The van der Waals surface area contributed by atoms with Crippen LogP contribution >= 0.6 is 0 Å². The molecule has 7 rings (SSSR count). The third kappa shape index (κ3) is 3.76. The number of hydrogen-bond donors (Lipinski definition) is 2. The zero-order chi connectivity index (χ0) is 25.8. The summed E-state index contributed by atoms with van der Waals surface area (Å²) >= 11 is 0. The van der Waals surface area contributed by atoms with Crippen LogP contribution in [0, 0.1) is 22.7 Å². The Hall–Kier alpha value is -1.20. The Morgan fingerprint density at radius 1 is 0.811 bits per heavy atom. The summed E-state index contributed by atoms with van der Waals surface area (Å²) in [6.45, 7) is 10.2. The minimum atomic E-state index is -0.855. The lowest BCUT2D eigenvalue weighted by atomic mass is 9.50. The molecule has 4 heteroatoms. The summed E-state index contributed by atoms with van der Waals surface area (Å²) in [5, 5.41) is 23.9. The molecule has 6 atom stereocenters. The summed E-state index contributed by atoms with van der Waals surface area (Å²) in [5.74, 6) is 1.28. The lowest BCUT2D eigenvalue weighted by molar-refractivity contribution is -0.322. The van der Waals surface area contributed by atoms with Gasteiger partial charge in [-0.3, -0.25) is 0 Å². The van der Waals surface area contributed by atoms with Crippen molar-refractivity contribution in [2.45, 2.75) is 121 Å². The van der Waals surface area contributed by atoms with Crippen molar-refractivity contribution in [2.24, 2.45) is 22.7 Å². The maximum absolute atomic E-state index is 12.3. The number of ether oxygens (including phenoxy) is 2. The second-order valence-corrected chi connectivity index (χ2v) is 15.0. The Balaban J connectivity index is 1.29. The molecule has 4 saturated carbocycles. The molecular weight excluding hydrogens is 460 g/mol. The van der Waals surface area contributed by atoms with Crippen molar-refractivity contribution in [3.05, 3.63) is 46.5 Å². The van der Waals surface area contributed by atoms with Crippen LogP contribution in [0.4, 0.5) is 0 Å². The summed E-state index contributed by atoms with van der Waals surface area (Å²) in [4.78, 5) is 0. The van der Waals surface area contributed by atoms with Gasteiger partial charge in [-0.1, -0.05) is 50.6 Å². The predicted molar refractivity (Wildman–Crippen MR) is 144 cm³/mol. The Morgan fingerprint density at radius 3 is 2.16 bits per heavy atom. The SMILES string of the molecule is CC1(C)COC2(CCC3=C4C(CCC3(O)C2)C2CCC(C)(O)C2(C)C[C@@H]4c2ccc(C3CC3)cc2)OC1. The molecule has 0 amide bonds. The van der Waals surface area contributed by atoms with E-state index in [2.05, 4.69) is 52.0 Å². The van der Waals surface area contributed by atoms with E-state index in [4.69, 9.17) is 9.47 Å². The first-order chi connectivity index (χ1) is 17.4. The minimum Gasteiger partial charge on any atom is -0.390 e. The smallest absolute Gasteiger partial charge is 0.171 e. The quantitative estimate of drug-likeness (QED) is 0.443. The van der Waals surface area contributed by atoms with Gasteiger partial charge in [-0.05, 0) is 92.7 Å². The molecule has 1 aliphatic heterocycles. The molecule has 0 bridgehead atoms. The summed E-state index contributed by atoms with van der Waals surface area (Å²) in [6.07, 6.45) is 9.55. The van der Waals surface area contributed by atoms with E-state index in [0.29, 0.717) is 31.5 Å². The van der Waals surface area contributed by atoms with Crippen LogP contribution in [-0.4, -0.2) is 40.4 Å². The van der Waals surface area contributed by atoms with Crippen molar-refractivity contribution in [3.8, 4) is 0 Å². The Morgan fingerprint density at radius 2 is 1.49 bits per heavy atom. The highest BCUT2D eigenvalue weighted by Gasteiger charge is 2.63. The van der Waals surface area contributed by atoms with E-state index in [-0.39, 0.29) is 16.7 Å². The number of rotatable bonds is 2. The van der Waals surface area contributed by atoms with E-state index < -0.39 is 17.0 Å². The molecule has 1 saturated heterocycles. The van der Waals surface area contributed by atoms with Gasteiger partial charge in [-0.15, -0.1) is 0 Å². The van der Waals surface area contributed by atoms with Crippen molar-refractivity contribution < 1.29 is 19.7 Å². The maximum Gasteiger partial charge on any atom is 0.171 e. The molecule has 5 unspecified atom stereocenters. The molecule has 0 aromatic heterocycles. The molecule has 1 aromatic rings. The molecule has 1 aromatic carbocycles. The van der Waals surface area contributed by atoms with E-state index in [0.717, 1.165) is 50.9 Å². The van der Waals surface area contributed by atoms with Gasteiger partial charge >= 0.3 is 0 Å². The second kappa shape index (κ2) is 7.93. The third-order valence-corrected chi connectivity index (χ3v) is 11.8. The maximum atomic E-state index is 12.3.